The maximum Gasteiger partial charge on any atom is 0.146 e. The molecule has 1 fully saturated rings. The van der Waals surface area contributed by atoms with Crippen molar-refractivity contribution in [1.82, 2.24) is 0 Å². The molecule has 4 N–H and O–H groups in total. The molecular weight excluding hydrogens is 264 g/mol. The summed E-state index contributed by atoms with van der Waals surface area (Å²) in [5, 5.41) is 0. The lowest BCUT2D eigenvalue weighted by Crippen LogP contribution is -2.20. The Kier molecular flexibility index (Phi) is 11.3. The van der Waals surface area contributed by atoms with E-state index in [4.69, 9.17) is 11.5 Å². The van der Waals surface area contributed by atoms with Crippen LogP contribution in [0.1, 0.15) is 32.6 Å². The van der Waals surface area contributed by atoms with Crippen LogP contribution >= 0.6 is 24.8 Å². The van der Waals surface area contributed by atoms with Crippen LogP contribution in [-0.4, -0.2) is 25.1 Å². The minimum absolute atomic E-state index is 0. The van der Waals surface area contributed by atoms with Crippen LogP contribution in [0.4, 0.5) is 4.39 Å². The summed E-state index contributed by atoms with van der Waals surface area (Å²) in [4.78, 5) is 4.06. The molecule has 0 aromatic heterocycles. The standard InChI is InChI=1S/C11H22FN3.2ClH/c1-8(13)2-3-10(9-4-5-9)7-15-11(14)6-12;;/h8-10H,2-7,13H2,1H3,(H2,14,15);2*1H. The molecule has 0 aliphatic heterocycles. The summed E-state index contributed by atoms with van der Waals surface area (Å²) in [6.07, 6.45) is 4.68. The van der Waals surface area contributed by atoms with Crippen LogP contribution in [-0.2, 0) is 0 Å². The maximum atomic E-state index is 12.1. The fraction of sp³-hybridized carbons (Fsp3) is 0.909. The Balaban J connectivity index is 0. The number of aliphatic imine (C=N–C) groups is 1. The molecule has 1 rings (SSSR count). The fourth-order valence-electron chi connectivity index (χ4n) is 1.80. The van der Waals surface area contributed by atoms with Crippen LogP contribution in [0.5, 0.6) is 0 Å². The molecule has 1 aliphatic carbocycles. The van der Waals surface area contributed by atoms with Gasteiger partial charge in [-0.05, 0) is 44.4 Å². The number of halogens is 3. The van der Waals surface area contributed by atoms with Crippen LogP contribution < -0.4 is 11.5 Å². The highest BCUT2D eigenvalue weighted by Crippen LogP contribution is 2.39. The van der Waals surface area contributed by atoms with Crippen LogP contribution in [0.2, 0.25) is 0 Å². The first-order chi connectivity index (χ1) is 7.13. The Morgan fingerprint density at radius 1 is 1.35 bits per heavy atom. The van der Waals surface area contributed by atoms with Crippen molar-refractivity contribution < 1.29 is 4.39 Å². The summed E-state index contributed by atoms with van der Waals surface area (Å²) < 4.78 is 12.1. The normalized spacial score (nSPS) is 18.9. The topological polar surface area (TPSA) is 64.4 Å². The van der Waals surface area contributed by atoms with E-state index in [1.54, 1.807) is 0 Å². The van der Waals surface area contributed by atoms with E-state index in [0.29, 0.717) is 12.5 Å². The molecule has 6 heteroatoms. The Morgan fingerprint density at radius 2 is 1.94 bits per heavy atom. The number of nitrogens with zero attached hydrogens (tertiary/aromatic N) is 1. The predicted molar refractivity (Wildman–Crippen MR) is 76.1 cm³/mol. The van der Waals surface area contributed by atoms with Gasteiger partial charge in [-0.1, -0.05) is 0 Å². The third kappa shape index (κ3) is 8.63. The summed E-state index contributed by atoms with van der Waals surface area (Å²) in [6, 6.07) is 0.244. The van der Waals surface area contributed by atoms with Gasteiger partial charge >= 0.3 is 0 Å². The molecule has 104 valence electrons. The second kappa shape index (κ2) is 9.92. The molecule has 0 heterocycles. The molecule has 0 bridgehead atoms. The lowest BCUT2D eigenvalue weighted by molar-refractivity contribution is 0.409. The Labute approximate surface area is 115 Å². The maximum absolute atomic E-state index is 12.1. The van der Waals surface area contributed by atoms with Crippen LogP contribution in [0.3, 0.4) is 0 Å². The fourth-order valence-corrected chi connectivity index (χ4v) is 1.80. The van der Waals surface area contributed by atoms with Crippen molar-refractivity contribution in [2.45, 2.75) is 38.6 Å². The van der Waals surface area contributed by atoms with E-state index in [-0.39, 0.29) is 36.7 Å². The minimum atomic E-state index is -0.634. The quantitative estimate of drug-likeness (QED) is 0.557. The zero-order chi connectivity index (χ0) is 11.3. The second-order valence-corrected chi connectivity index (χ2v) is 4.62. The van der Waals surface area contributed by atoms with E-state index in [9.17, 15) is 4.39 Å². The van der Waals surface area contributed by atoms with Crippen LogP contribution in [0.25, 0.3) is 0 Å². The zero-order valence-electron chi connectivity index (χ0n) is 10.3. The smallest absolute Gasteiger partial charge is 0.146 e. The van der Waals surface area contributed by atoms with Gasteiger partial charge in [-0.3, -0.25) is 4.99 Å². The van der Waals surface area contributed by atoms with Gasteiger partial charge in [0.05, 0.1) is 0 Å². The molecule has 2 unspecified atom stereocenters. The monoisotopic (exact) mass is 287 g/mol. The predicted octanol–water partition coefficient (Wildman–Crippen LogP) is 2.31. The number of amidine groups is 1. The van der Waals surface area contributed by atoms with Gasteiger partial charge in [-0.25, -0.2) is 4.39 Å². The molecule has 0 spiro atoms. The van der Waals surface area contributed by atoms with Crippen molar-refractivity contribution >= 4 is 30.6 Å². The molecule has 1 saturated carbocycles. The van der Waals surface area contributed by atoms with Crippen molar-refractivity contribution in [3.8, 4) is 0 Å². The summed E-state index contributed by atoms with van der Waals surface area (Å²) >= 11 is 0. The Bertz CT molecular complexity index is 221. The first kappa shape index (κ1) is 19.3. The molecular formula is C11H24Cl2FN3. The van der Waals surface area contributed by atoms with E-state index in [0.717, 1.165) is 18.8 Å². The van der Waals surface area contributed by atoms with E-state index in [1.165, 1.54) is 12.8 Å². The third-order valence-corrected chi connectivity index (χ3v) is 2.95. The highest BCUT2D eigenvalue weighted by molar-refractivity contribution is 5.85. The van der Waals surface area contributed by atoms with Crippen molar-refractivity contribution in [2.75, 3.05) is 13.2 Å². The van der Waals surface area contributed by atoms with Gasteiger partial charge in [0.2, 0.25) is 0 Å². The molecule has 0 saturated heterocycles. The molecule has 0 radical (unpaired) electrons. The van der Waals surface area contributed by atoms with Crippen molar-refractivity contribution in [3.63, 3.8) is 0 Å². The molecule has 0 aromatic carbocycles. The van der Waals surface area contributed by atoms with E-state index in [1.807, 2.05) is 6.92 Å². The summed E-state index contributed by atoms with van der Waals surface area (Å²) in [5.74, 6) is 1.46. The summed E-state index contributed by atoms with van der Waals surface area (Å²) in [6.45, 7) is 2.06. The Hall–Kier alpha value is -0.0600. The lowest BCUT2D eigenvalue weighted by Gasteiger charge is -2.15. The highest BCUT2D eigenvalue weighted by Gasteiger charge is 2.30. The Morgan fingerprint density at radius 3 is 2.35 bits per heavy atom. The van der Waals surface area contributed by atoms with Crippen molar-refractivity contribution in [3.05, 3.63) is 0 Å². The van der Waals surface area contributed by atoms with Gasteiger partial charge in [0.1, 0.15) is 12.5 Å². The lowest BCUT2D eigenvalue weighted by atomic mass is 9.96. The van der Waals surface area contributed by atoms with Gasteiger partial charge in [0, 0.05) is 12.6 Å². The number of alkyl halides is 1. The van der Waals surface area contributed by atoms with E-state index in [2.05, 4.69) is 4.99 Å². The van der Waals surface area contributed by atoms with Gasteiger partial charge in [0.25, 0.3) is 0 Å². The molecule has 1 aliphatic rings. The number of nitrogens with two attached hydrogens (primary N) is 2. The third-order valence-electron chi connectivity index (χ3n) is 2.95. The minimum Gasteiger partial charge on any atom is -0.385 e. The van der Waals surface area contributed by atoms with Crippen LogP contribution in [0, 0.1) is 11.8 Å². The van der Waals surface area contributed by atoms with Gasteiger partial charge in [-0.15, -0.1) is 24.8 Å². The molecule has 0 aromatic rings. The molecule has 0 amide bonds. The number of rotatable bonds is 7. The second-order valence-electron chi connectivity index (χ2n) is 4.62. The van der Waals surface area contributed by atoms with Crippen molar-refractivity contribution in [1.29, 1.82) is 0 Å². The van der Waals surface area contributed by atoms with E-state index < -0.39 is 6.67 Å². The largest absolute Gasteiger partial charge is 0.385 e. The average Bonchev–Trinajstić information content (AvgIpc) is 3.00. The summed E-state index contributed by atoms with van der Waals surface area (Å²) in [5.41, 5.74) is 11.1. The SMILES string of the molecule is CC(N)CCC(CN=C(N)CF)C1CC1.Cl.Cl. The van der Waals surface area contributed by atoms with Gasteiger partial charge < -0.3 is 11.5 Å². The van der Waals surface area contributed by atoms with E-state index >= 15 is 0 Å². The van der Waals surface area contributed by atoms with Gasteiger partial charge in [0.15, 0.2) is 0 Å². The number of hydrogen-bond acceptors (Lipinski definition) is 2. The first-order valence-electron chi connectivity index (χ1n) is 5.73. The average molecular weight is 288 g/mol. The van der Waals surface area contributed by atoms with Gasteiger partial charge in [-0.2, -0.15) is 0 Å². The van der Waals surface area contributed by atoms with Crippen molar-refractivity contribution in [2.24, 2.45) is 28.3 Å². The number of hydrogen-bond donors (Lipinski definition) is 2. The molecule has 3 nitrogen and oxygen atoms in total. The first-order valence-corrected chi connectivity index (χ1v) is 5.73. The molecule has 17 heavy (non-hydrogen) atoms. The highest BCUT2D eigenvalue weighted by atomic mass is 35.5. The zero-order valence-corrected chi connectivity index (χ0v) is 11.9. The summed E-state index contributed by atoms with van der Waals surface area (Å²) in [7, 11) is 0. The molecule has 2 atom stereocenters. The van der Waals surface area contributed by atoms with Crippen LogP contribution in [0.15, 0.2) is 4.99 Å².